The van der Waals surface area contributed by atoms with Crippen LogP contribution in [0.3, 0.4) is 0 Å². The fourth-order valence-corrected chi connectivity index (χ4v) is 2.40. The van der Waals surface area contributed by atoms with Gasteiger partial charge in [0.1, 0.15) is 0 Å². The molecule has 0 spiro atoms. The molecule has 1 heterocycles. The van der Waals surface area contributed by atoms with Gasteiger partial charge in [-0.05, 0) is 25.2 Å². The number of hydrogen-bond acceptors (Lipinski definition) is 3. The molecule has 0 radical (unpaired) electrons. The van der Waals surface area contributed by atoms with Gasteiger partial charge in [0, 0.05) is 20.0 Å². The summed E-state index contributed by atoms with van der Waals surface area (Å²) in [5, 5.41) is 9.17. The lowest BCUT2D eigenvalue weighted by atomic mass is 9.79. The van der Waals surface area contributed by atoms with Gasteiger partial charge in [-0.25, -0.2) is 13.6 Å². The number of piperidine rings is 1. The Morgan fingerprint density at radius 2 is 2.05 bits per heavy atom. The third kappa shape index (κ3) is 4.06. The number of ether oxygens (including phenoxy) is 1. The van der Waals surface area contributed by atoms with E-state index in [4.69, 9.17) is 4.74 Å². The van der Waals surface area contributed by atoms with E-state index in [1.54, 1.807) is 0 Å². The summed E-state index contributed by atoms with van der Waals surface area (Å²) in [6, 6.07) is 2.21. The van der Waals surface area contributed by atoms with Crippen LogP contribution in [0.5, 0.6) is 0 Å². The first kappa shape index (κ1) is 16.7. The van der Waals surface area contributed by atoms with Gasteiger partial charge >= 0.3 is 6.09 Å². The Balaban J connectivity index is 2.62. The zero-order valence-electron chi connectivity index (χ0n) is 12.4. The molecule has 3 unspecified atom stereocenters. The van der Waals surface area contributed by atoms with E-state index in [1.807, 2.05) is 13.8 Å². The lowest BCUT2D eigenvalue weighted by Crippen LogP contribution is -2.46. The first-order valence-corrected chi connectivity index (χ1v) is 6.89. The van der Waals surface area contributed by atoms with Crippen LogP contribution in [0.4, 0.5) is 13.6 Å². The monoisotopic (exact) mass is 288 g/mol. The van der Waals surface area contributed by atoms with Gasteiger partial charge in [-0.2, -0.15) is 5.26 Å². The Morgan fingerprint density at radius 1 is 1.45 bits per heavy atom. The van der Waals surface area contributed by atoms with Crippen LogP contribution in [0.25, 0.3) is 0 Å². The van der Waals surface area contributed by atoms with Crippen molar-refractivity contribution in [1.29, 1.82) is 5.26 Å². The lowest BCUT2D eigenvalue weighted by molar-refractivity contribution is -0.0960. The molecule has 0 aliphatic carbocycles. The van der Waals surface area contributed by atoms with Crippen molar-refractivity contribution in [1.82, 2.24) is 4.90 Å². The molecule has 1 aliphatic heterocycles. The Morgan fingerprint density at radius 3 is 2.50 bits per heavy atom. The summed E-state index contributed by atoms with van der Waals surface area (Å²) in [7, 11) is 0. The minimum atomic E-state index is -3.07. The molecule has 1 amide bonds. The second kappa shape index (κ2) is 6.38. The summed E-state index contributed by atoms with van der Waals surface area (Å²) >= 11 is 0. The van der Waals surface area contributed by atoms with Crippen molar-refractivity contribution >= 4 is 6.09 Å². The number of carbonyl (C=O) groups excluding carboxylic acids is 1. The number of carbonyl (C=O) groups is 1. The second-order valence-corrected chi connectivity index (χ2v) is 5.86. The predicted octanol–water partition coefficient (Wildman–Crippen LogP) is 3.28. The van der Waals surface area contributed by atoms with Crippen LogP contribution in [0.2, 0.25) is 0 Å². The summed E-state index contributed by atoms with van der Waals surface area (Å²) in [4.78, 5) is 13.2. The molecule has 6 heteroatoms. The van der Waals surface area contributed by atoms with Gasteiger partial charge in [0.05, 0.1) is 12.0 Å². The summed E-state index contributed by atoms with van der Waals surface area (Å²) in [5.74, 6) is -2.75. The second-order valence-electron chi connectivity index (χ2n) is 5.86. The predicted molar refractivity (Wildman–Crippen MR) is 70.2 cm³/mol. The summed E-state index contributed by atoms with van der Waals surface area (Å²) in [6.07, 6.45) is -1.54. The molecule has 0 N–H and O–H groups in total. The maximum atomic E-state index is 13.0. The first-order chi connectivity index (χ1) is 9.16. The normalized spacial score (nSPS) is 25.2. The smallest absolute Gasteiger partial charge is 0.410 e. The van der Waals surface area contributed by atoms with Gasteiger partial charge in [-0.1, -0.05) is 13.8 Å². The summed E-state index contributed by atoms with van der Waals surface area (Å²) in [6.45, 7) is 6.67. The highest BCUT2D eigenvalue weighted by molar-refractivity contribution is 5.68. The molecule has 1 aliphatic rings. The van der Waals surface area contributed by atoms with Gasteiger partial charge in [0.25, 0.3) is 5.92 Å². The van der Waals surface area contributed by atoms with E-state index in [0.29, 0.717) is 25.8 Å². The third-order valence-corrected chi connectivity index (χ3v) is 3.94. The van der Waals surface area contributed by atoms with E-state index in [0.717, 1.165) is 0 Å². The quantitative estimate of drug-likeness (QED) is 0.800. The molecule has 1 saturated heterocycles. The van der Waals surface area contributed by atoms with Crippen molar-refractivity contribution in [3.8, 4) is 6.07 Å². The van der Waals surface area contributed by atoms with Crippen LogP contribution in [0.1, 0.15) is 34.1 Å². The van der Waals surface area contributed by atoms with E-state index in [2.05, 4.69) is 6.07 Å². The van der Waals surface area contributed by atoms with Gasteiger partial charge < -0.3 is 9.64 Å². The van der Waals surface area contributed by atoms with Gasteiger partial charge in [-0.15, -0.1) is 0 Å². The van der Waals surface area contributed by atoms with Crippen LogP contribution in [0, 0.1) is 29.1 Å². The number of likely N-dealkylation sites (tertiary alicyclic amines) is 1. The van der Waals surface area contributed by atoms with E-state index in [9.17, 15) is 18.8 Å². The SMILES string of the molecule is CC(C)C1CCN(C(=O)OC(C)C(C)(F)F)CC1C#N. The van der Waals surface area contributed by atoms with E-state index >= 15 is 0 Å². The van der Waals surface area contributed by atoms with Crippen molar-refractivity contribution in [2.75, 3.05) is 13.1 Å². The molecule has 20 heavy (non-hydrogen) atoms. The molecule has 3 atom stereocenters. The summed E-state index contributed by atoms with van der Waals surface area (Å²) < 4.78 is 30.8. The molecular formula is C14H22F2N2O2. The molecule has 114 valence electrons. The standard InChI is InChI=1S/C14H22F2N2O2/c1-9(2)12-5-6-18(8-11(12)7-17)13(19)20-10(3)14(4,15)16/h9-12H,5-6,8H2,1-4H3. The van der Waals surface area contributed by atoms with Gasteiger partial charge in [0.2, 0.25) is 0 Å². The Hall–Kier alpha value is -1.38. The molecule has 0 bridgehead atoms. The van der Waals surface area contributed by atoms with Crippen LogP contribution < -0.4 is 0 Å². The molecule has 0 aromatic carbocycles. The fourth-order valence-electron chi connectivity index (χ4n) is 2.40. The molecule has 0 saturated carbocycles. The fraction of sp³-hybridized carbons (Fsp3) is 0.857. The maximum Gasteiger partial charge on any atom is 0.410 e. The van der Waals surface area contributed by atoms with Crippen molar-refractivity contribution in [2.24, 2.45) is 17.8 Å². The molecule has 0 aromatic heterocycles. The highest BCUT2D eigenvalue weighted by Gasteiger charge is 2.37. The number of halogens is 2. The number of nitrogens with zero attached hydrogens (tertiary/aromatic N) is 2. The number of nitriles is 1. The van der Waals surface area contributed by atoms with Crippen molar-refractivity contribution < 1.29 is 18.3 Å². The summed E-state index contributed by atoms with van der Waals surface area (Å²) in [5.41, 5.74) is 0. The average molecular weight is 288 g/mol. The number of alkyl halides is 2. The topological polar surface area (TPSA) is 53.3 Å². The van der Waals surface area contributed by atoms with Crippen LogP contribution in [-0.2, 0) is 4.74 Å². The first-order valence-electron chi connectivity index (χ1n) is 6.89. The molecular weight excluding hydrogens is 266 g/mol. The Bertz CT molecular complexity index is 388. The molecule has 1 fully saturated rings. The van der Waals surface area contributed by atoms with Crippen LogP contribution in [-0.4, -0.2) is 36.1 Å². The van der Waals surface area contributed by atoms with Crippen LogP contribution in [0.15, 0.2) is 0 Å². The lowest BCUT2D eigenvalue weighted by Gasteiger charge is -2.37. The van der Waals surface area contributed by atoms with Crippen molar-refractivity contribution in [3.63, 3.8) is 0 Å². The Kier molecular flexibility index (Phi) is 5.32. The molecule has 0 aromatic rings. The number of amides is 1. The maximum absolute atomic E-state index is 13.0. The molecule has 1 rings (SSSR count). The van der Waals surface area contributed by atoms with Crippen molar-refractivity contribution in [3.05, 3.63) is 0 Å². The Labute approximate surface area is 118 Å². The minimum Gasteiger partial charge on any atom is -0.440 e. The largest absolute Gasteiger partial charge is 0.440 e. The van der Waals surface area contributed by atoms with Gasteiger partial charge in [0.15, 0.2) is 6.10 Å². The van der Waals surface area contributed by atoms with Gasteiger partial charge in [-0.3, -0.25) is 0 Å². The highest BCUT2D eigenvalue weighted by Crippen LogP contribution is 2.30. The zero-order chi connectivity index (χ0) is 15.5. The molecule has 4 nitrogen and oxygen atoms in total. The van der Waals surface area contributed by atoms with E-state index in [1.165, 1.54) is 11.8 Å². The third-order valence-electron chi connectivity index (χ3n) is 3.94. The number of hydrogen-bond donors (Lipinski definition) is 0. The van der Waals surface area contributed by atoms with E-state index in [-0.39, 0.29) is 18.4 Å². The zero-order valence-corrected chi connectivity index (χ0v) is 12.4. The number of rotatable bonds is 3. The highest BCUT2D eigenvalue weighted by atomic mass is 19.3. The van der Waals surface area contributed by atoms with Crippen molar-refractivity contribution in [2.45, 2.75) is 46.1 Å². The average Bonchev–Trinajstić information content (AvgIpc) is 2.36. The van der Waals surface area contributed by atoms with Crippen LogP contribution >= 0.6 is 0 Å². The minimum absolute atomic E-state index is 0.231. The van der Waals surface area contributed by atoms with E-state index < -0.39 is 18.1 Å².